The highest BCUT2D eigenvalue weighted by Gasteiger charge is 2.04. The maximum atomic E-state index is 7.98. The lowest BCUT2D eigenvalue weighted by atomic mass is 9.95. The quantitative estimate of drug-likeness (QED) is 0.474. The molecule has 0 saturated heterocycles. The van der Waals surface area contributed by atoms with Crippen molar-refractivity contribution in [1.82, 2.24) is 0 Å². The molecule has 0 aromatic heterocycles. The van der Waals surface area contributed by atoms with Crippen molar-refractivity contribution >= 4 is 31.7 Å². The van der Waals surface area contributed by atoms with Gasteiger partial charge in [-0.1, -0.05) is 60.1 Å². The molecule has 0 aliphatic heterocycles. The normalized spacial score (nSPS) is 11.1. The summed E-state index contributed by atoms with van der Waals surface area (Å²) in [5.41, 5.74) is 2.79. The molecule has 92 valence electrons. The largest absolute Gasteiger partial charge is 0.282 e. The van der Waals surface area contributed by atoms with Gasteiger partial charge in [-0.2, -0.15) is 0 Å². The van der Waals surface area contributed by atoms with E-state index in [0.29, 0.717) is 5.84 Å². The van der Waals surface area contributed by atoms with E-state index >= 15 is 0 Å². The van der Waals surface area contributed by atoms with Gasteiger partial charge in [0, 0.05) is 11.1 Å². The van der Waals surface area contributed by atoms with Crippen LogP contribution < -0.4 is 5.46 Å². The Morgan fingerprint density at radius 2 is 1.58 bits per heavy atom. The zero-order chi connectivity index (χ0) is 13.7. The summed E-state index contributed by atoms with van der Waals surface area (Å²) in [4.78, 5) is 8.15. The molecule has 3 nitrogen and oxygen atoms in total. The van der Waals surface area contributed by atoms with Crippen molar-refractivity contribution in [3.63, 3.8) is 0 Å². The topological polar surface area (TPSA) is 48.6 Å². The minimum absolute atomic E-state index is 0.184. The van der Waals surface area contributed by atoms with Gasteiger partial charge < -0.3 is 0 Å². The van der Waals surface area contributed by atoms with Crippen LogP contribution in [0.2, 0.25) is 0 Å². The summed E-state index contributed by atoms with van der Waals surface area (Å²) in [7, 11) is 2.02. The number of nitrogens with zero attached hydrogens (tertiary/aromatic N) is 2. The maximum absolute atomic E-state index is 7.98. The fourth-order valence-electron chi connectivity index (χ4n) is 1.66. The smallest absolute Gasteiger partial charge is 0.160 e. The van der Waals surface area contributed by atoms with E-state index in [1.165, 1.54) is 5.46 Å². The summed E-state index contributed by atoms with van der Waals surface area (Å²) in [6, 6.07) is 17.2. The van der Waals surface area contributed by atoms with E-state index < -0.39 is 0 Å². The molecule has 0 bridgehead atoms. The second-order valence-electron chi connectivity index (χ2n) is 4.17. The molecule has 0 fully saturated rings. The molecular formula is C15H14BN3. The second-order valence-corrected chi connectivity index (χ2v) is 4.17. The predicted octanol–water partition coefficient (Wildman–Crippen LogP) is 1.42. The molecule has 2 aromatic rings. The Kier molecular flexibility index (Phi) is 4.03. The van der Waals surface area contributed by atoms with E-state index in [2.05, 4.69) is 16.7 Å². The number of hydrogen-bond acceptors (Lipinski definition) is 1. The summed E-state index contributed by atoms with van der Waals surface area (Å²) >= 11 is 0. The fourth-order valence-corrected chi connectivity index (χ4v) is 1.66. The SMILES string of the molecule is Bc1ccc(/C(N=C)=N/C(=N)c2ccccc2)cc1. The third-order valence-corrected chi connectivity index (χ3v) is 2.72. The first-order chi connectivity index (χ1) is 9.20. The van der Waals surface area contributed by atoms with Gasteiger partial charge in [-0.05, 0) is 6.72 Å². The first-order valence-corrected chi connectivity index (χ1v) is 5.97. The number of benzene rings is 2. The van der Waals surface area contributed by atoms with E-state index in [4.69, 9.17) is 5.41 Å². The third kappa shape index (κ3) is 3.25. The zero-order valence-corrected chi connectivity index (χ0v) is 10.8. The third-order valence-electron chi connectivity index (χ3n) is 2.72. The standard InChI is InChI=1S/C15H14BN3/c1-18-15(12-7-9-13(16)10-8-12)19-14(17)11-5-3-2-4-6-11/h2-10,17H,1,16H2/b17-14?,19-15-. The van der Waals surface area contributed by atoms with Gasteiger partial charge in [0.05, 0.1) is 0 Å². The van der Waals surface area contributed by atoms with Crippen molar-refractivity contribution < 1.29 is 0 Å². The van der Waals surface area contributed by atoms with Gasteiger partial charge in [-0.25, -0.2) is 9.98 Å². The molecular weight excluding hydrogens is 233 g/mol. The van der Waals surface area contributed by atoms with E-state index in [0.717, 1.165) is 11.1 Å². The highest BCUT2D eigenvalue weighted by atomic mass is 14.9. The van der Waals surface area contributed by atoms with Crippen LogP contribution in [-0.2, 0) is 0 Å². The van der Waals surface area contributed by atoms with Crippen LogP contribution in [-0.4, -0.2) is 26.2 Å². The Hall–Kier alpha value is -2.49. The Balaban J connectivity index is 2.32. The molecule has 0 unspecified atom stereocenters. The number of amidine groups is 2. The monoisotopic (exact) mass is 247 g/mol. The Morgan fingerprint density at radius 3 is 2.16 bits per heavy atom. The van der Waals surface area contributed by atoms with Crippen LogP contribution in [0.1, 0.15) is 11.1 Å². The molecule has 0 radical (unpaired) electrons. The molecule has 0 heterocycles. The van der Waals surface area contributed by atoms with Gasteiger partial charge in [-0.3, -0.25) is 5.41 Å². The molecule has 2 aromatic carbocycles. The molecule has 0 atom stereocenters. The minimum Gasteiger partial charge on any atom is -0.282 e. The van der Waals surface area contributed by atoms with Crippen molar-refractivity contribution in [2.75, 3.05) is 0 Å². The summed E-state index contributed by atoms with van der Waals surface area (Å²) in [5, 5.41) is 7.98. The molecule has 0 aliphatic rings. The molecule has 2 rings (SSSR count). The van der Waals surface area contributed by atoms with Crippen LogP contribution in [0.5, 0.6) is 0 Å². The van der Waals surface area contributed by atoms with Crippen molar-refractivity contribution in [2.24, 2.45) is 9.98 Å². The number of nitrogens with one attached hydrogen (secondary N) is 1. The lowest BCUT2D eigenvalue weighted by Gasteiger charge is -2.03. The zero-order valence-electron chi connectivity index (χ0n) is 10.8. The molecule has 4 heteroatoms. The molecule has 0 saturated carbocycles. The maximum Gasteiger partial charge on any atom is 0.160 e. The van der Waals surface area contributed by atoms with Crippen LogP contribution in [0.15, 0.2) is 64.6 Å². The average molecular weight is 247 g/mol. The molecule has 0 amide bonds. The van der Waals surface area contributed by atoms with E-state index in [1.54, 1.807) is 0 Å². The first kappa shape index (κ1) is 13.0. The highest BCUT2D eigenvalue weighted by Crippen LogP contribution is 2.05. The Labute approximate surface area is 113 Å². The van der Waals surface area contributed by atoms with Gasteiger partial charge in [-0.15, -0.1) is 0 Å². The first-order valence-electron chi connectivity index (χ1n) is 5.97. The Morgan fingerprint density at radius 1 is 0.947 bits per heavy atom. The van der Waals surface area contributed by atoms with Crippen LogP contribution >= 0.6 is 0 Å². The number of hydrogen-bond donors (Lipinski definition) is 1. The second kappa shape index (κ2) is 5.91. The Bertz CT molecular complexity index is 616. The average Bonchev–Trinajstić information content (AvgIpc) is 2.46. The summed E-state index contributed by atoms with van der Waals surface area (Å²) < 4.78 is 0. The summed E-state index contributed by atoms with van der Waals surface area (Å²) in [6.45, 7) is 3.53. The molecule has 0 spiro atoms. The van der Waals surface area contributed by atoms with E-state index in [9.17, 15) is 0 Å². The van der Waals surface area contributed by atoms with Gasteiger partial charge in [0.25, 0.3) is 0 Å². The van der Waals surface area contributed by atoms with Crippen molar-refractivity contribution in [3.8, 4) is 0 Å². The van der Waals surface area contributed by atoms with Crippen LogP contribution in [0, 0.1) is 5.41 Å². The lowest BCUT2D eigenvalue weighted by Crippen LogP contribution is -2.06. The van der Waals surface area contributed by atoms with E-state index in [1.807, 2.05) is 62.4 Å². The van der Waals surface area contributed by atoms with Crippen molar-refractivity contribution in [1.29, 1.82) is 5.41 Å². The summed E-state index contributed by atoms with van der Waals surface area (Å²) in [5.74, 6) is 0.650. The van der Waals surface area contributed by atoms with Gasteiger partial charge in [0.1, 0.15) is 7.85 Å². The minimum atomic E-state index is 0.184. The lowest BCUT2D eigenvalue weighted by molar-refractivity contribution is 1.40. The summed E-state index contributed by atoms with van der Waals surface area (Å²) in [6.07, 6.45) is 0. The van der Waals surface area contributed by atoms with Gasteiger partial charge in [0.15, 0.2) is 11.7 Å². The van der Waals surface area contributed by atoms with Crippen LogP contribution in [0.25, 0.3) is 0 Å². The highest BCUT2D eigenvalue weighted by molar-refractivity contribution is 6.32. The number of aliphatic imine (C=N–C) groups is 2. The number of rotatable bonds is 2. The van der Waals surface area contributed by atoms with Crippen LogP contribution in [0.3, 0.4) is 0 Å². The van der Waals surface area contributed by atoms with Crippen molar-refractivity contribution in [2.45, 2.75) is 0 Å². The molecule has 19 heavy (non-hydrogen) atoms. The predicted molar refractivity (Wildman–Crippen MR) is 84.0 cm³/mol. The fraction of sp³-hybridized carbons (Fsp3) is 0. The van der Waals surface area contributed by atoms with Crippen molar-refractivity contribution in [3.05, 3.63) is 65.7 Å². The molecule has 0 aliphatic carbocycles. The molecule has 1 N–H and O–H groups in total. The van der Waals surface area contributed by atoms with Gasteiger partial charge >= 0.3 is 0 Å². The van der Waals surface area contributed by atoms with E-state index in [-0.39, 0.29) is 5.84 Å². The van der Waals surface area contributed by atoms with Gasteiger partial charge in [0.2, 0.25) is 0 Å². The van der Waals surface area contributed by atoms with Crippen LogP contribution in [0.4, 0.5) is 0 Å².